The molecule has 6 atom stereocenters. The number of hydrogen-bond acceptors (Lipinski definition) is 10. The zero-order chi connectivity index (χ0) is 42.3. The third kappa shape index (κ3) is 30.5. The lowest BCUT2D eigenvalue weighted by Gasteiger charge is -2.39. The zero-order valence-corrected chi connectivity index (χ0v) is 37.3. The first kappa shape index (κ1) is 54.5. The van der Waals surface area contributed by atoms with Crippen LogP contribution in [0.2, 0.25) is 0 Å². The molecule has 10 nitrogen and oxygen atoms in total. The molecule has 1 saturated heterocycles. The molecule has 58 heavy (non-hydrogen) atoms. The zero-order valence-electron chi connectivity index (χ0n) is 37.3. The van der Waals surface area contributed by atoms with Crippen LogP contribution in [0.1, 0.15) is 226 Å². The van der Waals surface area contributed by atoms with Crippen molar-refractivity contribution in [2.45, 2.75) is 263 Å². The highest BCUT2D eigenvalue weighted by Gasteiger charge is 2.44. The summed E-state index contributed by atoms with van der Waals surface area (Å²) in [4.78, 5) is 25.4. The summed E-state index contributed by atoms with van der Waals surface area (Å²) in [5, 5.41) is 40.1. The minimum atomic E-state index is -1.59. The van der Waals surface area contributed by atoms with Crippen molar-refractivity contribution in [2.24, 2.45) is 0 Å². The summed E-state index contributed by atoms with van der Waals surface area (Å²) >= 11 is 0. The van der Waals surface area contributed by atoms with Gasteiger partial charge in [0.25, 0.3) is 0 Å². The van der Waals surface area contributed by atoms with Gasteiger partial charge in [-0.15, -0.1) is 0 Å². The Hall–Kier alpha value is -1.56. The van der Waals surface area contributed by atoms with E-state index in [0.29, 0.717) is 6.42 Å². The van der Waals surface area contributed by atoms with Crippen LogP contribution in [0, 0.1) is 0 Å². The first-order chi connectivity index (χ1) is 28.3. The van der Waals surface area contributed by atoms with Crippen LogP contribution in [-0.2, 0) is 28.5 Å². The Labute approximate surface area is 354 Å². The number of hydrogen-bond donors (Lipinski definition) is 4. The number of allylic oxidation sites excluding steroid dienone is 2. The summed E-state index contributed by atoms with van der Waals surface area (Å²) < 4.78 is 22.2. The van der Waals surface area contributed by atoms with Gasteiger partial charge in [0.05, 0.1) is 13.2 Å². The molecule has 1 aliphatic rings. The molecule has 0 saturated carbocycles. The lowest BCUT2D eigenvalue weighted by molar-refractivity contribution is -0.305. The predicted molar refractivity (Wildman–Crippen MR) is 233 cm³/mol. The van der Waals surface area contributed by atoms with Gasteiger partial charge in [0.1, 0.15) is 31.0 Å². The van der Waals surface area contributed by atoms with Crippen molar-refractivity contribution in [3.8, 4) is 0 Å². The Balaban J connectivity index is 2.28. The number of carbonyl (C=O) groups is 2. The molecule has 0 spiro atoms. The highest BCUT2D eigenvalue weighted by molar-refractivity contribution is 5.70. The highest BCUT2D eigenvalue weighted by atomic mass is 16.7. The van der Waals surface area contributed by atoms with Crippen molar-refractivity contribution in [1.29, 1.82) is 0 Å². The van der Waals surface area contributed by atoms with E-state index in [1.54, 1.807) is 0 Å². The first-order valence-corrected chi connectivity index (χ1v) is 24.3. The molecule has 1 heterocycles. The van der Waals surface area contributed by atoms with Crippen LogP contribution >= 0.6 is 0 Å². The molecule has 4 N–H and O–H groups in total. The minimum Gasteiger partial charge on any atom is -0.462 e. The first-order valence-electron chi connectivity index (χ1n) is 24.3. The van der Waals surface area contributed by atoms with Gasteiger partial charge in [0.2, 0.25) is 0 Å². The molecule has 1 rings (SSSR count). The second-order valence-electron chi connectivity index (χ2n) is 16.9. The topological polar surface area (TPSA) is 152 Å². The fourth-order valence-electron chi connectivity index (χ4n) is 7.54. The SMILES string of the molecule is CCCCCCCC/C=C/CCCCCCCCCC(=O)OC[C@@H](CO[C@H]1O[C@@H](CO)[C@@H](O)C(O)C1O)OC(=O)CCCCCCCCCCCCCCCCCC. The molecule has 342 valence electrons. The summed E-state index contributed by atoms with van der Waals surface area (Å²) in [6.07, 6.45) is 35.0. The highest BCUT2D eigenvalue weighted by Crippen LogP contribution is 2.23. The summed E-state index contributed by atoms with van der Waals surface area (Å²) in [5.41, 5.74) is 0. The van der Waals surface area contributed by atoms with Gasteiger partial charge in [-0.05, 0) is 38.5 Å². The monoisotopic (exact) mass is 827 g/mol. The Kier molecular flexibility index (Phi) is 37.2. The molecular weight excluding hydrogens is 737 g/mol. The molecular formula is C48H90O10. The van der Waals surface area contributed by atoms with Crippen molar-refractivity contribution < 1.29 is 49.0 Å². The summed E-state index contributed by atoms with van der Waals surface area (Å²) in [6.45, 7) is 3.45. The van der Waals surface area contributed by atoms with Crippen LogP contribution < -0.4 is 0 Å². The third-order valence-corrected chi connectivity index (χ3v) is 11.4. The summed E-state index contributed by atoms with van der Waals surface area (Å²) in [7, 11) is 0. The van der Waals surface area contributed by atoms with Gasteiger partial charge in [0, 0.05) is 12.8 Å². The van der Waals surface area contributed by atoms with Crippen molar-refractivity contribution in [1.82, 2.24) is 0 Å². The Bertz CT molecular complexity index is 959. The van der Waals surface area contributed by atoms with E-state index in [2.05, 4.69) is 26.0 Å². The number of unbranched alkanes of at least 4 members (excludes halogenated alkanes) is 28. The average Bonchev–Trinajstić information content (AvgIpc) is 3.22. The van der Waals surface area contributed by atoms with Gasteiger partial charge in [-0.2, -0.15) is 0 Å². The summed E-state index contributed by atoms with van der Waals surface area (Å²) in [6, 6.07) is 0. The number of ether oxygens (including phenoxy) is 4. The molecule has 0 radical (unpaired) electrons. The molecule has 0 aromatic carbocycles. The molecule has 0 aliphatic carbocycles. The number of aliphatic hydroxyl groups is 4. The van der Waals surface area contributed by atoms with E-state index in [9.17, 15) is 30.0 Å². The maximum atomic E-state index is 12.8. The normalized spacial score (nSPS) is 20.1. The molecule has 1 fully saturated rings. The maximum Gasteiger partial charge on any atom is 0.306 e. The van der Waals surface area contributed by atoms with Gasteiger partial charge in [0.15, 0.2) is 12.4 Å². The quantitative estimate of drug-likeness (QED) is 0.0266. The number of rotatable bonds is 41. The second kappa shape index (κ2) is 39.6. The van der Waals surface area contributed by atoms with Gasteiger partial charge < -0.3 is 39.4 Å². The smallest absolute Gasteiger partial charge is 0.306 e. The van der Waals surface area contributed by atoms with E-state index in [1.807, 2.05) is 0 Å². The van der Waals surface area contributed by atoms with Crippen LogP contribution in [0.25, 0.3) is 0 Å². The van der Waals surface area contributed by atoms with Crippen LogP contribution in [0.3, 0.4) is 0 Å². The van der Waals surface area contributed by atoms with Gasteiger partial charge in [-0.1, -0.05) is 187 Å². The minimum absolute atomic E-state index is 0.214. The summed E-state index contributed by atoms with van der Waals surface area (Å²) in [5.74, 6) is -0.799. The molecule has 0 bridgehead atoms. The van der Waals surface area contributed by atoms with Crippen molar-refractivity contribution in [3.05, 3.63) is 12.2 Å². The van der Waals surface area contributed by atoms with Gasteiger partial charge >= 0.3 is 11.9 Å². The van der Waals surface area contributed by atoms with Crippen LogP contribution in [0.15, 0.2) is 12.2 Å². The molecule has 0 aromatic rings. The van der Waals surface area contributed by atoms with Crippen LogP contribution in [0.5, 0.6) is 0 Å². The van der Waals surface area contributed by atoms with Gasteiger partial charge in [-0.25, -0.2) is 0 Å². The van der Waals surface area contributed by atoms with Crippen molar-refractivity contribution >= 4 is 11.9 Å². The van der Waals surface area contributed by atoms with E-state index in [-0.39, 0.29) is 32.0 Å². The number of esters is 2. The standard InChI is InChI=1S/C48H90O10/c1-3-5-7-9-11-13-15-17-19-21-23-24-26-28-30-32-34-36-43(50)55-39-41(40-56-48-47(54)46(53)45(52)42(38-49)58-48)57-44(51)37-35-33-31-29-27-25-22-20-18-16-14-12-10-8-6-4-2/h17,19,41-42,45-49,52-54H,3-16,18,20-40H2,1-2H3/b19-17+/t41-,42-,45+,46?,47?,48-/m0/s1. The maximum absolute atomic E-state index is 12.8. The van der Waals surface area contributed by atoms with E-state index in [1.165, 1.54) is 141 Å². The molecule has 10 heteroatoms. The second-order valence-corrected chi connectivity index (χ2v) is 16.9. The van der Waals surface area contributed by atoms with E-state index in [0.717, 1.165) is 51.4 Å². The van der Waals surface area contributed by atoms with Crippen LogP contribution in [0.4, 0.5) is 0 Å². The van der Waals surface area contributed by atoms with Crippen LogP contribution in [-0.4, -0.2) is 89.0 Å². The number of carbonyl (C=O) groups excluding carboxylic acids is 2. The van der Waals surface area contributed by atoms with E-state index < -0.39 is 49.4 Å². The van der Waals surface area contributed by atoms with Crippen molar-refractivity contribution in [3.63, 3.8) is 0 Å². The average molecular weight is 827 g/mol. The largest absolute Gasteiger partial charge is 0.462 e. The van der Waals surface area contributed by atoms with Gasteiger partial charge in [-0.3, -0.25) is 9.59 Å². The Morgan fingerprint density at radius 2 is 0.914 bits per heavy atom. The van der Waals surface area contributed by atoms with E-state index in [4.69, 9.17) is 18.9 Å². The number of aliphatic hydroxyl groups excluding tert-OH is 4. The molecule has 0 aromatic heterocycles. The fourth-order valence-corrected chi connectivity index (χ4v) is 7.54. The van der Waals surface area contributed by atoms with Crippen molar-refractivity contribution in [2.75, 3.05) is 19.8 Å². The third-order valence-electron chi connectivity index (χ3n) is 11.4. The molecule has 2 unspecified atom stereocenters. The predicted octanol–water partition coefficient (Wildman–Crippen LogP) is 10.7. The Morgan fingerprint density at radius 1 is 0.517 bits per heavy atom. The van der Waals surface area contributed by atoms with E-state index >= 15 is 0 Å². The molecule has 0 amide bonds. The Morgan fingerprint density at radius 3 is 1.34 bits per heavy atom. The fraction of sp³-hybridized carbons (Fsp3) is 0.917. The lowest BCUT2D eigenvalue weighted by Crippen LogP contribution is -2.59. The molecule has 1 aliphatic heterocycles. The lowest BCUT2D eigenvalue weighted by atomic mass is 9.99.